The van der Waals surface area contributed by atoms with Gasteiger partial charge in [0.15, 0.2) is 0 Å². The molecule has 2 aromatic heterocycles. The molecule has 1 fully saturated rings. The monoisotopic (exact) mass is 339 g/mol. The second-order valence-corrected chi connectivity index (χ2v) is 6.36. The number of benzene rings is 1. The van der Waals surface area contributed by atoms with Crippen LogP contribution in [0.5, 0.6) is 5.75 Å². The number of aromatic nitrogens is 4. The van der Waals surface area contributed by atoms with Crippen LogP contribution in [0.2, 0.25) is 0 Å². The van der Waals surface area contributed by atoms with Gasteiger partial charge in [0.25, 0.3) is 11.3 Å². The number of hydrogen-bond acceptors (Lipinski definition) is 5. The Bertz CT molecular complexity index is 925. The fraction of sp³-hybridized carbons (Fsp3) is 0.389. The van der Waals surface area contributed by atoms with Gasteiger partial charge in [-0.3, -0.25) is 9.89 Å². The molecule has 0 saturated heterocycles. The summed E-state index contributed by atoms with van der Waals surface area (Å²) < 4.78 is 7.10. The van der Waals surface area contributed by atoms with E-state index in [9.17, 15) is 4.79 Å². The lowest BCUT2D eigenvalue weighted by Gasteiger charge is -2.06. The second kappa shape index (κ2) is 6.58. The van der Waals surface area contributed by atoms with Crippen molar-refractivity contribution < 1.29 is 4.74 Å². The quantitative estimate of drug-likeness (QED) is 0.691. The zero-order chi connectivity index (χ0) is 17.2. The molecule has 0 unspecified atom stereocenters. The van der Waals surface area contributed by atoms with Crippen LogP contribution < -0.4 is 15.6 Å². The number of fused-ring (bicyclic) bond motifs is 1. The maximum absolute atomic E-state index is 12.1. The van der Waals surface area contributed by atoms with Crippen molar-refractivity contribution in [3.05, 3.63) is 51.9 Å². The predicted molar refractivity (Wildman–Crippen MR) is 95.0 cm³/mol. The van der Waals surface area contributed by atoms with E-state index in [-0.39, 0.29) is 5.56 Å². The first-order valence-electron chi connectivity index (χ1n) is 8.69. The van der Waals surface area contributed by atoms with Gasteiger partial charge in [0.2, 0.25) is 5.95 Å². The molecule has 1 aromatic carbocycles. The number of nitrogens with zero attached hydrogens (tertiary/aromatic N) is 3. The fourth-order valence-corrected chi connectivity index (χ4v) is 2.64. The molecule has 1 aliphatic carbocycles. The van der Waals surface area contributed by atoms with Gasteiger partial charge in [0.05, 0.1) is 11.8 Å². The molecule has 2 heterocycles. The smallest absolute Gasteiger partial charge is 0.274 e. The van der Waals surface area contributed by atoms with Crippen LogP contribution in [0.3, 0.4) is 0 Å². The minimum atomic E-state index is -0.143. The number of rotatable bonds is 7. The summed E-state index contributed by atoms with van der Waals surface area (Å²) in [6, 6.07) is 9.57. The number of aryl methyl sites for hydroxylation is 1. The van der Waals surface area contributed by atoms with Crippen molar-refractivity contribution >= 4 is 11.7 Å². The number of anilines is 1. The molecule has 4 rings (SSSR count). The van der Waals surface area contributed by atoms with Gasteiger partial charge in [-0.15, -0.1) is 0 Å². The molecular weight excluding hydrogens is 318 g/mol. The van der Waals surface area contributed by atoms with Crippen LogP contribution in [0.4, 0.5) is 5.95 Å². The van der Waals surface area contributed by atoms with E-state index in [0.717, 1.165) is 42.7 Å². The Balaban J connectivity index is 1.45. The summed E-state index contributed by atoms with van der Waals surface area (Å²) >= 11 is 0. The zero-order valence-electron chi connectivity index (χ0n) is 14.2. The molecule has 130 valence electrons. The van der Waals surface area contributed by atoms with E-state index in [2.05, 4.69) is 27.3 Å². The Labute approximate surface area is 145 Å². The zero-order valence-corrected chi connectivity index (χ0v) is 14.2. The largest absolute Gasteiger partial charge is 0.490 e. The third kappa shape index (κ3) is 3.65. The van der Waals surface area contributed by atoms with Crippen LogP contribution in [0.1, 0.15) is 37.4 Å². The normalized spacial score (nSPS) is 14.0. The van der Waals surface area contributed by atoms with Crippen molar-refractivity contribution in [3.63, 3.8) is 0 Å². The van der Waals surface area contributed by atoms with Gasteiger partial charge in [-0.1, -0.05) is 25.5 Å². The SMILES string of the molecule is CCCc1cc(=O)n2[nH]c(NCc3ccc(OC4CC4)cc3)nc2n1. The van der Waals surface area contributed by atoms with Crippen LogP contribution in [-0.2, 0) is 13.0 Å². The highest BCUT2D eigenvalue weighted by Crippen LogP contribution is 2.26. The highest BCUT2D eigenvalue weighted by atomic mass is 16.5. The van der Waals surface area contributed by atoms with E-state index >= 15 is 0 Å². The molecule has 1 aliphatic rings. The van der Waals surface area contributed by atoms with Gasteiger partial charge in [-0.25, -0.2) is 4.98 Å². The second-order valence-electron chi connectivity index (χ2n) is 6.36. The Morgan fingerprint density at radius 1 is 1.28 bits per heavy atom. The van der Waals surface area contributed by atoms with Crippen LogP contribution in [0.25, 0.3) is 5.78 Å². The molecule has 1 saturated carbocycles. The molecule has 0 atom stereocenters. The van der Waals surface area contributed by atoms with E-state index in [1.807, 2.05) is 24.3 Å². The van der Waals surface area contributed by atoms with Crippen molar-refractivity contribution in [2.24, 2.45) is 0 Å². The highest BCUT2D eigenvalue weighted by Gasteiger charge is 2.23. The van der Waals surface area contributed by atoms with Crippen molar-refractivity contribution in [2.45, 2.75) is 45.3 Å². The van der Waals surface area contributed by atoms with Gasteiger partial charge in [0.1, 0.15) is 5.75 Å². The van der Waals surface area contributed by atoms with E-state index in [1.165, 1.54) is 4.52 Å². The first kappa shape index (κ1) is 15.7. The highest BCUT2D eigenvalue weighted by molar-refractivity contribution is 5.38. The summed E-state index contributed by atoms with van der Waals surface area (Å²) in [5.41, 5.74) is 1.74. The topological polar surface area (TPSA) is 84.3 Å². The Morgan fingerprint density at radius 2 is 2.08 bits per heavy atom. The van der Waals surface area contributed by atoms with Gasteiger partial charge >= 0.3 is 0 Å². The molecule has 0 radical (unpaired) electrons. The van der Waals surface area contributed by atoms with E-state index in [4.69, 9.17) is 4.74 Å². The van der Waals surface area contributed by atoms with Gasteiger partial charge in [-0.05, 0) is 37.0 Å². The molecule has 0 amide bonds. The molecule has 7 nitrogen and oxygen atoms in total. The lowest BCUT2D eigenvalue weighted by Crippen LogP contribution is -2.15. The summed E-state index contributed by atoms with van der Waals surface area (Å²) in [6.07, 6.45) is 4.43. The van der Waals surface area contributed by atoms with Crippen LogP contribution >= 0.6 is 0 Å². The number of ether oxygens (including phenoxy) is 1. The third-order valence-electron chi connectivity index (χ3n) is 4.10. The van der Waals surface area contributed by atoms with Crippen molar-refractivity contribution in [3.8, 4) is 5.75 Å². The molecule has 0 bridgehead atoms. The van der Waals surface area contributed by atoms with E-state index in [1.54, 1.807) is 6.07 Å². The lowest BCUT2D eigenvalue weighted by atomic mass is 10.2. The van der Waals surface area contributed by atoms with E-state index in [0.29, 0.717) is 24.4 Å². The van der Waals surface area contributed by atoms with E-state index < -0.39 is 0 Å². The van der Waals surface area contributed by atoms with Crippen molar-refractivity contribution in [2.75, 3.05) is 5.32 Å². The number of nitrogens with one attached hydrogen (secondary N) is 2. The first-order valence-corrected chi connectivity index (χ1v) is 8.69. The molecule has 2 N–H and O–H groups in total. The maximum atomic E-state index is 12.1. The van der Waals surface area contributed by atoms with Gasteiger partial charge < -0.3 is 10.1 Å². The average molecular weight is 339 g/mol. The summed E-state index contributed by atoms with van der Waals surface area (Å²) in [7, 11) is 0. The lowest BCUT2D eigenvalue weighted by molar-refractivity contribution is 0.303. The minimum absolute atomic E-state index is 0.143. The molecule has 25 heavy (non-hydrogen) atoms. The van der Waals surface area contributed by atoms with Gasteiger partial charge in [0, 0.05) is 12.6 Å². The number of aromatic amines is 1. The van der Waals surface area contributed by atoms with Gasteiger partial charge in [-0.2, -0.15) is 9.50 Å². The maximum Gasteiger partial charge on any atom is 0.274 e. The Morgan fingerprint density at radius 3 is 2.80 bits per heavy atom. The molecule has 0 spiro atoms. The number of H-pyrrole nitrogens is 1. The fourth-order valence-electron chi connectivity index (χ4n) is 2.64. The summed E-state index contributed by atoms with van der Waals surface area (Å²) in [5.74, 6) is 1.83. The van der Waals surface area contributed by atoms with Crippen molar-refractivity contribution in [1.82, 2.24) is 19.6 Å². The Hall–Kier alpha value is -2.83. The average Bonchev–Trinajstić information content (AvgIpc) is 3.31. The molecule has 3 aromatic rings. The van der Waals surface area contributed by atoms with Crippen LogP contribution in [0.15, 0.2) is 35.1 Å². The molecule has 0 aliphatic heterocycles. The minimum Gasteiger partial charge on any atom is -0.490 e. The summed E-state index contributed by atoms with van der Waals surface area (Å²) in [6.45, 7) is 2.65. The molecule has 7 heteroatoms. The van der Waals surface area contributed by atoms with Crippen molar-refractivity contribution in [1.29, 1.82) is 0 Å². The standard InChI is InChI=1S/C18H21N5O2/c1-2-3-13-10-16(24)23-18(20-13)21-17(22-23)19-11-12-4-6-14(7-5-12)25-15-8-9-15/h4-7,10,15H,2-3,8-9,11H2,1H3,(H2,19,20,21,22). The third-order valence-corrected chi connectivity index (χ3v) is 4.10. The molecular formula is C18H21N5O2. The number of hydrogen-bond donors (Lipinski definition) is 2. The Kier molecular flexibility index (Phi) is 4.13. The summed E-state index contributed by atoms with van der Waals surface area (Å²) in [5, 5.41) is 6.14. The summed E-state index contributed by atoms with van der Waals surface area (Å²) in [4.78, 5) is 20.9. The van der Waals surface area contributed by atoms with Crippen LogP contribution in [0, 0.1) is 0 Å². The predicted octanol–water partition coefficient (Wildman–Crippen LogP) is 2.52. The van der Waals surface area contributed by atoms with Crippen LogP contribution in [-0.4, -0.2) is 25.7 Å². The first-order chi connectivity index (χ1) is 12.2.